The number of halogens is 1. The molecule has 0 radical (unpaired) electrons. The number of nitrogens with one attached hydrogen (secondary N) is 4. The number of amides is 6. The third-order valence-electron chi connectivity index (χ3n) is 21.4. The maximum absolute atomic E-state index is 15.6. The van der Waals surface area contributed by atoms with Crippen LogP contribution in [0.25, 0.3) is 22.3 Å². The minimum atomic E-state index is -2.05. The van der Waals surface area contributed by atoms with Crippen LogP contribution in [0.2, 0.25) is 0 Å². The van der Waals surface area contributed by atoms with Gasteiger partial charge >= 0.3 is 5.97 Å². The van der Waals surface area contributed by atoms with Gasteiger partial charge < -0.3 is 83.0 Å². The molecule has 0 spiro atoms. The number of hydrogen-bond acceptors (Lipinski definition) is 24. The number of carbonyl (C=O) groups excluding carboxylic acids is 10. The van der Waals surface area contributed by atoms with Crippen molar-refractivity contribution in [1.29, 1.82) is 0 Å². The van der Waals surface area contributed by atoms with Crippen molar-refractivity contribution in [2.75, 3.05) is 145 Å². The number of pyridine rings is 2. The van der Waals surface area contributed by atoms with Crippen LogP contribution in [0.5, 0.6) is 0 Å². The molecule has 6 aliphatic rings. The van der Waals surface area contributed by atoms with E-state index in [2.05, 4.69) is 21.3 Å². The SMILES string of the molecule is CC[C@@]1(O)C(=O)OCc2c1cc1n(c2=O)Cc2c-1nc1cc(F)c(C)c3c1c2[C@@H](CC(=O)C1(OCNC(=O)CCC(=O)[C@H](Cc2ccccc2)NC(=O)CCC(=O)CNC(=O)COCCOCCOCCOCCOCCOCCOCCOCCOCCNC(=O)C2CCC(CN4C(=O)CC(C)C4=O)CC2)CC1)CC3. The number of hydrogen-bond donors (Lipinski definition) is 5. The maximum Gasteiger partial charge on any atom is 0.343 e. The summed E-state index contributed by atoms with van der Waals surface area (Å²) in [5, 5.41) is 23.0. The topological polar surface area (TPSA) is 379 Å². The first kappa shape index (κ1) is 85.2. The number of Topliss-reactive ketones (excluding diaryl/α,β-unsaturated/α-hetero) is 3. The number of ether oxygens (including phenoxy) is 11. The molecule has 3 aliphatic carbocycles. The summed E-state index contributed by atoms with van der Waals surface area (Å²) in [4.78, 5) is 150. The molecule has 606 valence electrons. The van der Waals surface area contributed by atoms with E-state index in [-0.39, 0.29) is 149 Å². The number of aliphatic hydroxyl groups is 1. The Bertz CT molecular complexity index is 3990. The molecule has 5 heterocycles. The third kappa shape index (κ3) is 23.5. The van der Waals surface area contributed by atoms with Gasteiger partial charge in [-0.1, -0.05) is 44.2 Å². The minimum Gasteiger partial charge on any atom is -0.458 e. The number of aryl methyl sites for hydroxylation is 1. The molecule has 3 aliphatic heterocycles. The summed E-state index contributed by atoms with van der Waals surface area (Å²) in [7, 11) is 0. The van der Waals surface area contributed by atoms with Gasteiger partial charge in [0.1, 0.15) is 31.4 Å². The van der Waals surface area contributed by atoms with E-state index in [0.29, 0.717) is 172 Å². The normalized spacial score (nSPS) is 19.6. The summed E-state index contributed by atoms with van der Waals surface area (Å²) < 4.78 is 78.0. The van der Waals surface area contributed by atoms with E-state index in [1.807, 2.05) is 6.07 Å². The monoisotopic (exact) mass is 1550 g/mol. The second-order valence-electron chi connectivity index (χ2n) is 29.1. The number of fused-ring (bicyclic) bond motifs is 5. The van der Waals surface area contributed by atoms with Crippen molar-refractivity contribution < 1.29 is 110 Å². The van der Waals surface area contributed by atoms with Gasteiger partial charge in [0.15, 0.2) is 23.0 Å². The lowest BCUT2D eigenvalue weighted by molar-refractivity contribution is -0.172. The number of esters is 1. The Labute approximate surface area is 644 Å². The van der Waals surface area contributed by atoms with Gasteiger partial charge in [0.2, 0.25) is 35.4 Å². The zero-order valence-corrected chi connectivity index (χ0v) is 63.9. The molecule has 4 atom stereocenters. The Morgan fingerprint density at radius 1 is 0.694 bits per heavy atom. The van der Waals surface area contributed by atoms with Gasteiger partial charge in [-0.05, 0) is 111 Å². The van der Waals surface area contributed by atoms with E-state index < -0.39 is 63.9 Å². The Morgan fingerprint density at radius 2 is 1.30 bits per heavy atom. The predicted octanol–water partition coefficient (Wildman–Crippen LogP) is 4.15. The Morgan fingerprint density at radius 3 is 1.89 bits per heavy atom. The smallest absolute Gasteiger partial charge is 0.343 e. The van der Waals surface area contributed by atoms with Crippen LogP contribution >= 0.6 is 0 Å². The molecule has 31 heteroatoms. The van der Waals surface area contributed by atoms with Gasteiger partial charge in [-0.15, -0.1) is 0 Å². The fourth-order valence-corrected chi connectivity index (χ4v) is 14.8. The number of likely N-dealkylation sites (tertiary alicyclic amines) is 1. The predicted molar refractivity (Wildman–Crippen MR) is 396 cm³/mol. The number of ketones is 3. The average Bonchev–Trinajstić information content (AvgIpc) is 1.58. The minimum absolute atomic E-state index is 0.0187. The van der Waals surface area contributed by atoms with Gasteiger partial charge in [0.05, 0.1) is 154 Å². The standard InChI is InChI=1S/C80H106FN7O23/c1-4-80(100)61-43-65-74-59(47-87(65)77(98)60(61)48-110-78(80)99)72-56(14-16-58-52(3)62(81)44-64(86-74)73(58)72)42-67(91)79(20-21-79)111-50-84-68(92)19-17-66(90)63(41-53-8-6-5-7-9-53)85-69(93)18-15-57(89)45-83-70(94)49-109-39-38-108-37-36-107-35-34-106-33-32-105-31-30-104-29-28-103-27-26-102-25-24-101-23-22-82-75(96)55-12-10-54(11-13-55)46-88-71(95)40-51(2)76(88)97/h5-9,43-44,51,54-56,63,100H,4,10-42,45-50H2,1-3H3,(H,82,96)(H,83,94)(H,84,92)(H,85,93)/t51?,54?,55?,56-,63+,80+/m1/s1. The highest BCUT2D eigenvalue weighted by molar-refractivity contribution is 6.03. The van der Waals surface area contributed by atoms with Crippen molar-refractivity contribution in [1.82, 2.24) is 35.7 Å². The largest absolute Gasteiger partial charge is 0.458 e. The lowest BCUT2D eigenvalue weighted by Gasteiger charge is -2.31. The van der Waals surface area contributed by atoms with Gasteiger partial charge in [-0.2, -0.15) is 0 Å². The molecule has 111 heavy (non-hydrogen) atoms. The molecule has 30 nitrogen and oxygen atoms in total. The second kappa shape index (κ2) is 42.1. The highest BCUT2D eigenvalue weighted by Gasteiger charge is 2.52. The summed E-state index contributed by atoms with van der Waals surface area (Å²) >= 11 is 0. The van der Waals surface area contributed by atoms with Crippen molar-refractivity contribution in [3.05, 3.63) is 97.6 Å². The highest BCUT2D eigenvalue weighted by atomic mass is 19.1. The molecule has 2 saturated carbocycles. The number of aromatic nitrogens is 2. The van der Waals surface area contributed by atoms with Crippen molar-refractivity contribution in [2.45, 2.75) is 160 Å². The molecule has 1 unspecified atom stereocenters. The van der Waals surface area contributed by atoms with Gasteiger partial charge in [0.25, 0.3) is 5.56 Å². The summed E-state index contributed by atoms with van der Waals surface area (Å²) in [6, 6.07) is 10.9. The molecule has 1 saturated heterocycles. The van der Waals surface area contributed by atoms with E-state index in [4.69, 9.17) is 57.1 Å². The number of imide groups is 1. The zero-order chi connectivity index (χ0) is 78.9. The van der Waals surface area contributed by atoms with Crippen LogP contribution in [0.15, 0.2) is 47.3 Å². The number of benzene rings is 2. The van der Waals surface area contributed by atoms with Gasteiger partial charge in [-0.3, -0.25) is 52.8 Å². The highest BCUT2D eigenvalue weighted by Crippen LogP contribution is 2.50. The molecule has 2 aromatic heterocycles. The quantitative estimate of drug-likeness (QED) is 0.0158. The molecule has 10 rings (SSSR count). The summed E-state index contributed by atoms with van der Waals surface area (Å²) in [6.07, 6.45) is 4.36. The Hall–Kier alpha value is -8.21. The first-order chi connectivity index (χ1) is 53.7. The maximum atomic E-state index is 15.6. The van der Waals surface area contributed by atoms with Crippen LogP contribution in [0.3, 0.4) is 0 Å². The van der Waals surface area contributed by atoms with Crippen LogP contribution in [-0.4, -0.2) is 235 Å². The van der Waals surface area contributed by atoms with E-state index >= 15 is 4.39 Å². The summed E-state index contributed by atoms with van der Waals surface area (Å²) in [5.41, 5.74) is 1.26. The first-order valence-corrected chi connectivity index (χ1v) is 38.9. The molecule has 0 bridgehead atoms. The van der Waals surface area contributed by atoms with Crippen molar-refractivity contribution in [3.63, 3.8) is 0 Å². The fourth-order valence-electron chi connectivity index (χ4n) is 14.8. The van der Waals surface area contributed by atoms with Crippen LogP contribution in [0.4, 0.5) is 4.39 Å². The molecule has 6 amide bonds. The van der Waals surface area contributed by atoms with Gasteiger partial charge in [-0.25, -0.2) is 14.2 Å². The van der Waals surface area contributed by atoms with E-state index in [1.165, 1.54) is 15.5 Å². The zero-order valence-electron chi connectivity index (χ0n) is 63.9. The molecular weight excluding hydrogens is 1450 g/mol. The Balaban J connectivity index is 0.507. The molecule has 4 aromatic rings. The van der Waals surface area contributed by atoms with Crippen LogP contribution in [-0.2, 0) is 132 Å². The molecular formula is C80H106FN7O23. The first-order valence-electron chi connectivity index (χ1n) is 38.9. The van der Waals surface area contributed by atoms with Crippen molar-refractivity contribution >= 4 is 69.7 Å². The van der Waals surface area contributed by atoms with Crippen molar-refractivity contribution in [2.24, 2.45) is 17.8 Å². The number of cyclic esters (lactones) is 1. The Kier molecular flexibility index (Phi) is 32.3. The van der Waals surface area contributed by atoms with Crippen LogP contribution < -0.4 is 26.8 Å². The molecule has 2 aromatic carbocycles. The number of rotatable bonds is 51. The van der Waals surface area contributed by atoms with Crippen LogP contribution in [0, 0.1) is 30.5 Å². The van der Waals surface area contributed by atoms with E-state index in [0.717, 1.165) is 47.8 Å². The third-order valence-corrected chi connectivity index (χ3v) is 21.4. The number of nitrogens with zero attached hydrogens (tertiary/aromatic N) is 3. The average molecular weight is 1550 g/mol. The fraction of sp³-hybridized carbons (Fsp3) is 0.625. The lowest BCUT2D eigenvalue weighted by Crippen LogP contribution is -2.44. The summed E-state index contributed by atoms with van der Waals surface area (Å²) in [6.45, 7) is 10.9. The molecule has 5 N–H and O–H groups in total. The van der Waals surface area contributed by atoms with Crippen LogP contribution in [0.1, 0.15) is 149 Å². The second-order valence-corrected chi connectivity index (χ2v) is 29.1. The molecule has 3 fully saturated rings. The lowest BCUT2D eigenvalue weighted by atomic mass is 9.76. The van der Waals surface area contributed by atoms with Gasteiger partial charge in [0, 0.05) is 86.0 Å². The van der Waals surface area contributed by atoms with E-state index in [1.54, 1.807) is 51.1 Å². The summed E-state index contributed by atoms with van der Waals surface area (Å²) in [5.74, 6) is -4.53. The van der Waals surface area contributed by atoms with E-state index in [9.17, 15) is 57.8 Å². The van der Waals surface area contributed by atoms with Crippen molar-refractivity contribution in [3.8, 4) is 11.4 Å². The number of carbonyl (C=O) groups is 10.